The van der Waals surface area contributed by atoms with Gasteiger partial charge in [-0.1, -0.05) is 0 Å². The van der Waals surface area contributed by atoms with Gasteiger partial charge in [-0.3, -0.25) is 4.79 Å². The first-order valence-corrected chi connectivity index (χ1v) is 10.9. The van der Waals surface area contributed by atoms with Crippen LogP contribution in [0, 0.1) is 0 Å². The molecular weight excluding hydrogens is 462 g/mol. The average molecular weight is 486 g/mol. The highest BCUT2D eigenvalue weighted by Crippen LogP contribution is 2.38. The van der Waals surface area contributed by atoms with E-state index in [0.717, 1.165) is 36.4 Å². The molecule has 0 atom stereocenters. The predicted molar refractivity (Wildman–Crippen MR) is 116 cm³/mol. The third-order valence-corrected chi connectivity index (χ3v) is 6.05. The van der Waals surface area contributed by atoms with E-state index < -0.39 is 29.3 Å². The summed E-state index contributed by atoms with van der Waals surface area (Å²) in [6.07, 6.45) is -9.19. The van der Waals surface area contributed by atoms with Crippen LogP contribution in [0.25, 0.3) is 0 Å². The molecule has 0 aromatic heterocycles. The number of benzene rings is 2. The van der Waals surface area contributed by atoms with Crippen LogP contribution in [0.4, 0.5) is 37.7 Å². The molecule has 34 heavy (non-hydrogen) atoms. The van der Waals surface area contributed by atoms with E-state index in [4.69, 9.17) is 0 Å². The Hall–Kier alpha value is -2.79. The number of nitrogens with zero attached hydrogens (tertiary/aromatic N) is 2. The predicted octanol–water partition coefficient (Wildman–Crippen LogP) is 3.77. The van der Waals surface area contributed by atoms with Crippen molar-refractivity contribution in [1.29, 1.82) is 0 Å². The average Bonchev–Trinajstić information content (AvgIpc) is 2.83. The van der Waals surface area contributed by atoms with Gasteiger partial charge in [0.25, 0.3) is 0 Å². The molecule has 5 nitrogen and oxygen atoms in total. The van der Waals surface area contributed by atoms with E-state index in [1.165, 1.54) is 0 Å². The van der Waals surface area contributed by atoms with Gasteiger partial charge in [0.05, 0.1) is 11.1 Å². The number of nitrogens with one attached hydrogen (secondary N) is 2. The minimum atomic E-state index is -4.59. The smallest absolute Gasteiger partial charge is 0.368 e. The molecule has 4 rings (SSSR count). The molecule has 2 aromatic rings. The Morgan fingerprint density at radius 1 is 0.647 bits per heavy atom. The second kappa shape index (κ2) is 9.46. The van der Waals surface area contributed by atoms with E-state index >= 15 is 0 Å². The zero-order valence-electron chi connectivity index (χ0n) is 18.2. The van der Waals surface area contributed by atoms with E-state index in [1.807, 2.05) is 0 Å². The lowest BCUT2D eigenvalue weighted by Gasteiger charge is -2.33. The zero-order chi connectivity index (χ0) is 24.5. The molecule has 0 bridgehead atoms. The molecule has 0 saturated carbocycles. The third kappa shape index (κ3) is 5.15. The monoisotopic (exact) mass is 486 g/mol. The van der Waals surface area contributed by atoms with Gasteiger partial charge < -0.3 is 20.4 Å². The van der Waals surface area contributed by atoms with Crippen molar-refractivity contribution < 1.29 is 31.1 Å². The molecule has 0 amide bonds. The van der Waals surface area contributed by atoms with Gasteiger partial charge in [-0.2, -0.15) is 26.3 Å². The number of rotatable bonds is 4. The molecule has 2 heterocycles. The summed E-state index contributed by atoms with van der Waals surface area (Å²) in [5.41, 5.74) is -1.43. The Balaban J connectivity index is 1.81. The van der Waals surface area contributed by atoms with Crippen molar-refractivity contribution in [1.82, 2.24) is 10.6 Å². The molecule has 2 fully saturated rings. The van der Waals surface area contributed by atoms with Crippen molar-refractivity contribution in [2.45, 2.75) is 12.4 Å². The highest BCUT2D eigenvalue weighted by molar-refractivity contribution is 6.15. The van der Waals surface area contributed by atoms with E-state index in [9.17, 15) is 31.1 Å². The lowest BCUT2D eigenvalue weighted by Crippen LogP contribution is -2.44. The quantitative estimate of drug-likeness (QED) is 0.509. The maximum absolute atomic E-state index is 13.6. The Morgan fingerprint density at radius 3 is 1.32 bits per heavy atom. The Kier molecular flexibility index (Phi) is 6.77. The minimum absolute atomic E-state index is 0.0334. The van der Waals surface area contributed by atoms with Gasteiger partial charge >= 0.3 is 12.4 Å². The maximum Gasteiger partial charge on any atom is 0.416 e. The first kappa shape index (κ1) is 24.3. The second-order valence-electron chi connectivity index (χ2n) is 8.26. The first-order chi connectivity index (χ1) is 16.1. The SMILES string of the molecule is O=C(c1ccc(C(F)(F)F)cc1N1CCNCC1)c1ccc(C(F)(F)F)cc1N1CCNCC1. The largest absolute Gasteiger partial charge is 0.416 e. The van der Waals surface area contributed by atoms with Crippen LogP contribution in [0.2, 0.25) is 0 Å². The van der Waals surface area contributed by atoms with Gasteiger partial charge in [-0.15, -0.1) is 0 Å². The molecule has 11 heteroatoms. The van der Waals surface area contributed by atoms with Crippen LogP contribution >= 0.6 is 0 Å². The minimum Gasteiger partial charge on any atom is -0.368 e. The van der Waals surface area contributed by atoms with Crippen LogP contribution < -0.4 is 20.4 Å². The Labute approximate surface area is 192 Å². The molecule has 2 aromatic carbocycles. The summed E-state index contributed by atoms with van der Waals surface area (Å²) in [5, 5.41) is 6.23. The van der Waals surface area contributed by atoms with Gasteiger partial charge in [0, 0.05) is 74.9 Å². The fraction of sp³-hybridized carbons (Fsp3) is 0.435. The van der Waals surface area contributed by atoms with Crippen LogP contribution in [0.15, 0.2) is 36.4 Å². The van der Waals surface area contributed by atoms with Gasteiger partial charge in [-0.05, 0) is 36.4 Å². The van der Waals surface area contributed by atoms with Crippen LogP contribution in [0.1, 0.15) is 27.0 Å². The van der Waals surface area contributed by atoms with Crippen molar-refractivity contribution in [2.75, 3.05) is 62.2 Å². The lowest BCUT2D eigenvalue weighted by molar-refractivity contribution is -0.138. The number of hydrogen-bond acceptors (Lipinski definition) is 5. The normalized spacial score (nSPS) is 17.7. The molecule has 2 saturated heterocycles. The number of alkyl halides is 6. The number of halogens is 6. The summed E-state index contributed by atoms with van der Waals surface area (Å²) in [6.45, 7) is 3.76. The van der Waals surface area contributed by atoms with Crippen molar-refractivity contribution in [3.63, 3.8) is 0 Å². The van der Waals surface area contributed by atoms with Crippen molar-refractivity contribution in [3.05, 3.63) is 58.7 Å². The van der Waals surface area contributed by atoms with Crippen LogP contribution in [0.3, 0.4) is 0 Å². The first-order valence-electron chi connectivity index (χ1n) is 10.9. The van der Waals surface area contributed by atoms with Crippen molar-refractivity contribution in [3.8, 4) is 0 Å². The van der Waals surface area contributed by atoms with Crippen LogP contribution in [-0.2, 0) is 12.4 Å². The zero-order valence-corrected chi connectivity index (χ0v) is 18.2. The van der Waals surface area contributed by atoms with E-state index in [0.29, 0.717) is 52.4 Å². The summed E-state index contributed by atoms with van der Waals surface area (Å²) < 4.78 is 80.5. The highest BCUT2D eigenvalue weighted by Gasteiger charge is 2.35. The molecule has 0 spiro atoms. The molecule has 0 unspecified atom stereocenters. The summed E-state index contributed by atoms with van der Waals surface area (Å²) in [6, 6.07) is 5.84. The van der Waals surface area contributed by atoms with Crippen LogP contribution in [-0.4, -0.2) is 58.1 Å². The fourth-order valence-electron chi connectivity index (χ4n) is 4.28. The molecule has 0 radical (unpaired) electrons. The number of carbonyl (C=O) groups excluding carboxylic acids is 1. The molecule has 2 aliphatic rings. The fourth-order valence-corrected chi connectivity index (χ4v) is 4.28. The second-order valence-corrected chi connectivity index (χ2v) is 8.26. The summed E-state index contributed by atoms with van der Waals surface area (Å²) in [4.78, 5) is 17.1. The van der Waals surface area contributed by atoms with E-state index in [1.54, 1.807) is 9.80 Å². The Bertz CT molecular complexity index is 959. The Morgan fingerprint density at radius 2 is 1.00 bits per heavy atom. The van der Waals surface area contributed by atoms with Gasteiger partial charge in [0.15, 0.2) is 5.78 Å². The van der Waals surface area contributed by atoms with Crippen molar-refractivity contribution in [2.24, 2.45) is 0 Å². The number of carbonyl (C=O) groups is 1. The van der Waals surface area contributed by atoms with E-state index in [2.05, 4.69) is 10.6 Å². The highest BCUT2D eigenvalue weighted by atomic mass is 19.4. The number of anilines is 2. The maximum atomic E-state index is 13.6. The molecule has 2 aliphatic heterocycles. The van der Waals surface area contributed by atoms with Crippen LogP contribution in [0.5, 0.6) is 0 Å². The van der Waals surface area contributed by atoms with E-state index in [-0.39, 0.29) is 22.5 Å². The van der Waals surface area contributed by atoms with Crippen molar-refractivity contribution >= 4 is 17.2 Å². The third-order valence-electron chi connectivity index (χ3n) is 6.05. The number of ketones is 1. The molecule has 184 valence electrons. The molecule has 2 N–H and O–H groups in total. The van der Waals surface area contributed by atoms with Gasteiger partial charge in [0.1, 0.15) is 0 Å². The summed E-state index contributed by atoms with van der Waals surface area (Å²) in [5.74, 6) is -0.607. The summed E-state index contributed by atoms with van der Waals surface area (Å²) in [7, 11) is 0. The topological polar surface area (TPSA) is 47.6 Å². The summed E-state index contributed by atoms with van der Waals surface area (Å²) >= 11 is 0. The standard InChI is InChI=1S/C23H24F6N4O/c24-22(25,26)15-1-3-17(19(13-15)32-9-5-30-6-10-32)21(34)18-4-2-16(23(27,28)29)14-20(18)33-11-7-31-8-12-33/h1-4,13-14,30-31H,5-12H2. The molecular formula is C23H24F6N4O. The number of piperazine rings is 2. The van der Waals surface area contributed by atoms with Gasteiger partial charge in [0.2, 0.25) is 0 Å². The molecule has 0 aliphatic carbocycles. The van der Waals surface area contributed by atoms with Gasteiger partial charge in [-0.25, -0.2) is 0 Å². The number of hydrogen-bond donors (Lipinski definition) is 2. The lowest BCUT2D eigenvalue weighted by atomic mass is 9.95.